The molecule has 1 saturated carbocycles. The molecule has 0 spiro atoms. The summed E-state index contributed by atoms with van der Waals surface area (Å²) in [5, 5.41) is 11.5. The number of ether oxygens (including phenoxy) is 1. The SMILES string of the molecule is CO[C@H]1CCCC[C@H]1NCC(=O)O. The van der Waals surface area contributed by atoms with Gasteiger partial charge in [-0.25, -0.2) is 0 Å². The number of nitrogens with one attached hydrogen (secondary N) is 1. The molecule has 0 amide bonds. The summed E-state index contributed by atoms with van der Waals surface area (Å²) in [4.78, 5) is 10.3. The second-order valence-electron chi connectivity index (χ2n) is 3.44. The number of carbonyl (C=O) groups is 1. The minimum Gasteiger partial charge on any atom is -0.480 e. The fraction of sp³-hybridized carbons (Fsp3) is 0.889. The van der Waals surface area contributed by atoms with Crippen LogP contribution in [0.1, 0.15) is 25.7 Å². The van der Waals surface area contributed by atoms with Gasteiger partial charge < -0.3 is 15.2 Å². The van der Waals surface area contributed by atoms with Crippen molar-refractivity contribution in [1.82, 2.24) is 5.32 Å². The van der Waals surface area contributed by atoms with Crippen molar-refractivity contribution < 1.29 is 14.6 Å². The molecular weight excluding hydrogens is 170 g/mol. The summed E-state index contributed by atoms with van der Waals surface area (Å²) in [7, 11) is 1.69. The van der Waals surface area contributed by atoms with Crippen molar-refractivity contribution in [2.24, 2.45) is 0 Å². The van der Waals surface area contributed by atoms with Gasteiger partial charge in [-0.05, 0) is 12.8 Å². The second kappa shape index (κ2) is 5.19. The average molecular weight is 187 g/mol. The molecule has 0 aromatic carbocycles. The highest BCUT2D eigenvalue weighted by molar-refractivity contribution is 5.69. The van der Waals surface area contributed by atoms with E-state index in [4.69, 9.17) is 9.84 Å². The molecule has 0 saturated heterocycles. The van der Waals surface area contributed by atoms with Crippen LogP contribution < -0.4 is 5.32 Å². The molecule has 2 atom stereocenters. The number of hydrogen-bond acceptors (Lipinski definition) is 3. The zero-order valence-electron chi connectivity index (χ0n) is 7.95. The van der Waals surface area contributed by atoms with E-state index < -0.39 is 5.97 Å². The van der Waals surface area contributed by atoms with Crippen molar-refractivity contribution in [3.8, 4) is 0 Å². The van der Waals surface area contributed by atoms with Gasteiger partial charge in [0.1, 0.15) is 0 Å². The van der Waals surface area contributed by atoms with E-state index in [1.165, 1.54) is 6.42 Å². The van der Waals surface area contributed by atoms with Gasteiger partial charge >= 0.3 is 5.97 Å². The van der Waals surface area contributed by atoms with Crippen LogP contribution in [0.2, 0.25) is 0 Å². The molecule has 1 aliphatic carbocycles. The fourth-order valence-corrected chi connectivity index (χ4v) is 1.83. The summed E-state index contributed by atoms with van der Waals surface area (Å²) in [5.74, 6) is -0.805. The first kappa shape index (κ1) is 10.5. The molecule has 0 radical (unpaired) electrons. The smallest absolute Gasteiger partial charge is 0.317 e. The first-order valence-electron chi connectivity index (χ1n) is 4.72. The molecule has 4 heteroatoms. The van der Waals surface area contributed by atoms with E-state index in [0.29, 0.717) is 0 Å². The van der Waals surface area contributed by atoms with Gasteiger partial charge in [0.15, 0.2) is 0 Å². The summed E-state index contributed by atoms with van der Waals surface area (Å²) in [5.41, 5.74) is 0. The van der Waals surface area contributed by atoms with E-state index in [9.17, 15) is 4.79 Å². The Hall–Kier alpha value is -0.610. The van der Waals surface area contributed by atoms with Gasteiger partial charge in [-0.15, -0.1) is 0 Å². The monoisotopic (exact) mass is 187 g/mol. The highest BCUT2D eigenvalue weighted by Crippen LogP contribution is 2.20. The highest BCUT2D eigenvalue weighted by atomic mass is 16.5. The van der Waals surface area contributed by atoms with Crippen LogP contribution in [0.4, 0.5) is 0 Å². The van der Waals surface area contributed by atoms with E-state index in [0.717, 1.165) is 19.3 Å². The molecular formula is C9H17NO3. The number of hydrogen-bond donors (Lipinski definition) is 2. The van der Waals surface area contributed by atoms with Crippen LogP contribution in [-0.4, -0.2) is 36.9 Å². The molecule has 0 aromatic rings. The molecule has 0 unspecified atom stereocenters. The first-order chi connectivity index (χ1) is 6.24. The largest absolute Gasteiger partial charge is 0.480 e. The average Bonchev–Trinajstić information content (AvgIpc) is 2.15. The van der Waals surface area contributed by atoms with Crippen molar-refractivity contribution in [2.75, 3.05) is 13.7 Å². The molecule has 1 aliphatic rings. The molecule has 1 fully saturated rings. The third-order valence-corrected chi connectivity index (χ3v) is 2.52. The predicted octanol–water partition coefficient (Wildman–Crippen LogP) is 0.618. The quantitative estimate of drug-likeness (QED) is 0.677. The lowest BCUT2D eigenvalue weighted by molar-refractivity contribution is -0.136. The normalized spacial score (nSPS) is 28.7. The maximum absolute atomic E-state index is 10.3. The number of aliphatic carboxylic acids is 1. The number of methoxy groups -OCH3 is 1. The lowest BCUT2D eigenvalue weighted by Gasteiger charge is -2.30. The Morgan fingerprint density at radius 3 is 2.85 bits per heavy atom. The third-order valence-electron chi connectivity index (χ3n) is 2.52. The van der Waals surface area contributed by atoms with Crippen LogP contribution in [0, 0.1) is 0 Å². The Morgan fingerprint density at radius 2 is 2.23 bits per heavy atom. The van der Waals surface area contributed by atoms with Crippen molar-refractivity contribution in [1.29, 1.82) is 0 Å². The van der Waals surface area contributed by atoms with Crippen molar-refractivity contribution in [2.45, 2.75) is 37.8 Å². The summed E-state index contributed by atoms with van der Waals surface area (Å²) >= 11 is 0. The van der Waals surface area contributed by atoms with E-state index >= 15 is 0 Å². The number of rotatable bonds is 4. The number of carboxylic acid groups (broad SMARTS) is 1. The van der Waals surface area contributed by atoms with Gasteiger partial charge in [0.25, 0.3) is 0 Å². The molecule has 4 nitrogen and oxygen atoms in total. The van der Waals surface area contributed by atoms with Gasteiger partial charge in [-0.3, -0.25) is 4.79 Å². The van der Waals surface area contributed by atoms with Crippen molar-refractivity contribution >= 4 is 5.97 Å². The maximum Gasteiger partial charge on any atom is 0.317 e. The zero-order chi connectivity index (χ0) is 9.68. The van der Waals surface area contributed by atoms with Crippen LogP contribution >= 0.6 is 0 Å². The van der Waals surface area contributed by atoms with Crippen LogP contribution in [0.25, 0.3) is 0 Å². The Balaban J connectivity index is 2.31. The van der Waals surface area contributed by atoms with Crippen molar-refractivity contribution in [3.05, 3.63) is 0 Å². The van der Waals surface area contributed by atoms with Gasteiger partial charge in [0.2, 0.25) is 0 Å². The molecule has 0 aliphatic heterocycles. The Labute approximate surface area is 78.3 Å². The summed E-state index contributed by atoms with van der Waals surface area (Å²) in [6.45, 7) is 0.0323. The summed E-state index contributed by atoms with van der Waals surface area (Å²) in [6.07, 6.45) is 4.59. The lowest BCUT2D eigenvalue weighted by Crippen LogP contribution is -2.45. The maximum atomic E-state index is 10.3. The zero-order valence-corrected chi connectivity index (χ0v) is 7.95. The Kier molecular flexibility index (Phi) is 4.18. The number of carboxylic acids is 1. The summed E-state index contributed by atoms with van der Waals surface area (Å²) < 4.78 is 5.28. The van der Waals surface area contributed by atoms with E-state index in [2.05, 4.69) is 5.32 Å². The van der Waals surface area contributed by atoms with Gasteiger partial charge in [-0.2, -0.15) is 0 Å². The van der Waals surface area contributed by atoms with E-state index in [1.54, 1.807) is 7.11 Å². The highest BCUT2D eigenvalue weighted by Gasteiger charge is 2.24. The Morgan fingerprint density at radius 1 is 1.54 bits per heavy atom. The van der Waals surface area contributed by atoms with Crippen LogP contribution in [-0.2, 0) is 9.53 Å². The van der Waals surface area contributed by atoms with Gasteiger partial charge in [0.05, 0.1) is 12.6 Å². The van der Waals surface area contributed by atoms with E-state index in [1.807, 2.05) is 0 Å². The molecule has 0 aromatic heterocycles. The second-order valence-corrected chi connectivity index (χ2v) is 3.44. The predicted molar refractivity (Wildman–Crippen MR) is 48.7 cm³/mol. The van der Waals surface area contributed by atoms with Gasteiger partial charge in [-0.1, -0.05) is 12.8 Å². The summed E-state index contributed by atoms with van der Waals surface area (Å²) in [6, 6.07) is 0.217. The van der Waals surface area contributed by atoms with Crippen LogP contribution in [0.15, 0.2) is 0 Å². The lowest BCUT2D eigenvalue weighted by atomic mass is 9.92. The minimum atomic E-state index is -0.805. The molecule has 13 heavy (non-hydrogen) atoms. The van der Waals surface area contributed by atoms with Crippen LogP contribution in [0.3, 0.4) is 0 Å². The van der Waals surface area contributed by atoms with Crippen molar-refractivity contribution in [3.63, 3.8) is 0 Å². The topological polar surface area (TPSA) is 58.6 Å². The van der Waals surface area contributed by atoms with Gasteiger partial charge in [0, 0.05) is 13.2 Å². The molecule has 2 N–H and O–H groups in total. The molecule has 76 valence electrons. The molecule has 0 bridgehead atoms. The van der Waals surface area contributed by atoms with E-state index in [-0.39, 0.29) is 18.7 Å². The minimum absolute atomic E-state index is 0.0323. The Bertz CT molecular complexity index is 172. The first-order valence-corrected chi connectivity index (χ1v) is 4.72. The molecule has 1 rings (SSSR count). The van der Waals surface area contributed by atoms with Crippen LogP contribution in [0.5, 0.6) is 0 Å². The third kappa shape index (κ3) is 3.32. The standard InChI is InChI=1S/C9H17NO3/c1-13-8-5-3-2-4-7(8)10-6-9(11)12/h7-8,10H,2-6H2,1H3,(H,11,12)/t7-,8+/m1/s1. The molecule has 0 heterocycles. The fourth-order valence-electron chi connectivity index (χ4n) is 1.83.